The number of benzene rings is 3. The fraction of sp³-hybridized carbons (Fsp3) is 0.160. The van der Waals surface area contributed by atoms with E-state index in [1.54, 1.807) is 0 Å². The Balaban J connectivity index is 1.39. The van der Waals surface area contributed by atoms with Gasteiger partial charge in [-0.1, -0.05) is 30.3 Å². The minimum atomic E-state index is -0.335. The van der Waals surface area contributed by atoms with E-state index in [0.29, 0.717) is 18.8 Å². The highest BCUT2D eigenvalue weighted by Gasteiger charge is 2.40. The number of nitrogens with one attached hydrogen (secondary N) is 1. The molecule has 3 heterocycles. The lowest BCUT2D eigenvalue weighted by Gasteiger charge is -2.39. The minimum Gasteiger partial charge on any atom is -0.486 e. The van der Waals surface area contributed by atoms with Crippen LogP contribution in [0.5, 0.6) is 17.2 Å². The first kappa shape index (κ1) is 17.9. The second kappa shape index (κ2) is 7.08. The predicted octanol–water partition coefficient (Wildman–Crippen LogP) is 4.32. The summed E-state index contributed by atoms with van der Waals surface area (Å²) >= 11 is 0. The molecule has 0 aliphatic carbocycles. The molecule has 2 atom stereocenters. The Labute approximate surface area is 179 Å². The van der Waals surface area contributed by atoms with Crippen molar-refractivity contribution in [1.82, 2.24) is 10.4 Å². The maximum absolute atomic E-state index is 9.13. The molecule has 6 rings (SSSR count). The number of hydrogen-bond donors (Lipinski definition) is 1. The third-order valence-electron chi connectivity index (χ3n) is 5.78. The van der Waals surface area contributed by atoms with Gasteiger partial charge in [-0.2, -0.15) is 10.3 Å². The van der Waals surface area contributed by atoms with Crippen LogP contribution in [0.25, 0.3) is 5.70 Å². The molecule has 152 valence electrons. The lowest BCUT2D eigenvalue weighted by molar-refractivity contribution is -0.0326. The van der Waals surface area contributed by atoms with Crippen molar-refractivity contribution >= 4 is 5.70 Å². The highest BCUT2D eigenvalue weighted by atomic mass is 16.6. The number of rotatable bonds is 2. The average Bonchev–Trinajstić information content (AvgIpc) is 3.29. The monoisotopic (exact) mass is 409 g/mol. The van der Waals surface area contributed by atoms with Gasteiger partial charge in [-0.25, -0.2) is 0 Å². The molecule has 0 aromatic heterocycles. The van der Waals surface area contributed by atoms with Crippen molar-refractivity contribution in [2.24, 2.45) is 0 Å². The Morgan fingerprint density at radius 2 is 1.71 bits per heavy atom. The molecular weight excluding hydrogens is 390 g/mol. The summed E-state index contributed by atoms with van der Waals surface area (Å²) in [5.74, 6) is 2.40. The summed E-state index contributed by atoms with van der Waals surface area (Å²) < 4.78 is 17.8. The molecule has 3 aliphatic rings. The number of para-hydroxylation sites is 1. The number of ether oxygens (including phenoxy) is 3. The molecule has 0 amide bonds. The van der Waals surface area contributed by atoms with Gasteiger partial charge in [0.05, 0.1) is 23.4 Å². The molecule has 0 saturated heterocycles. The molecule has 0 saturated carbocycles. The van der Waals surface area contributed by atoms with E-state index in [1.165, 1.54) is 0 Å². The van der Waals surface area contributed by atoms with Gasteiger partial charge in [-0.05, 0) is 42.5 Å². The molecule has 0 spiro atoms. The number of nitriles is 1. The van der Waals surface area contributed by atoms with Crippen molar-refractivity contribution in [3.8, 4) is 23.3 Å². The van der Waals surface area contributed by atoms with Crippen molar-refractivity contribution in [3.63, 3.8) is 0 Å². The highest BCUT2D eigenvalue weighted by Crippen LogP contribution is 2.46. The molecule has 0 bridgehead atoms. The first-order valence-electron chi connectivity index (χ1n) is 10.2. The van der Waals surface area contributed by atoms with Gasteiger partial charge in [-0.15, -0.1) is 0 Å². The normalized spacial score (nSPS) is 21.1. The fourth-order valence-corrected chi connectivity index (χ4v) is 4.26. The second-order valence-corrected chi connectivity index (χ2v) is 7.64. The smallest absolute Gasteiger partial charge is 0.195 e. The first-order valence-corrected chi connectivity index (χ1v) is 10.2. The third kappa shape index (κ3) is 2.98. The van der Waals surface area contributed by atoms with Gasteiger partial charge in [0.1, 0.15) is 19.0 Å². The van der Waals surface area contributed by atoms with Crippen LogP contribution in [0.15, 0.2) is 72.8 Å². The molecule has 3 aromatic carbocycles. The van der Waals surface area contributed by atoms with Gasteiger partial charge in [0, 0.05) is 16.7 Å². The summed E-state index contributed by atoms with van der Waals surface area (Å²) in [6, 6.07) is 23.8. The molecule has 3 aliphatic heterocycles. The Kier molecular flexibility index (Phi) is 4.08. The first-order chi connectivity index (χ1) is 15.3. The maximum Gasteiger partial charge on any atom is 0.195 e. The van der Waals surface area contributed by atoms with E-state index in [4.69, 9.17) is 19.5 Å². The molecular formula is C25H19N3O3. The number of nitrogens with zero attached hydrogens (tertiary/aromatic N) is 2. The van der Waals surface area contributed by atoms with Crippen LogP contribution in [-0.2, 0) is 0 Å². The van der Waals surface area contributed by atoms with E-state index in [2.05, 4.69) is 28.6 Å². The molecule has 1 N–H and O–H groups in total. The standard InChI is InChI=1S/C25H19N3O3/c26-15-16-5-7-17(8-6-16)25-28-21(19-3-1-2-4-22(19)31-25)14-20(27-28)18-9-10-23-24(13-18)30-12-11-29-23/h1-10,13-14,21,25,27H,11-12H2/t21-,25+/m0/s1. The van der Waals surface area contributed by atoms with Crippen molar-refractivity contribution in [3.05, 3.63) is 95.1 Å². The Hall–Kier alpha value is -3.95. The lowest BCUT2D eigenvalue weighted by Crippen LogP contribution is -2.43. The predicted molar refractivity (Wildman–Crippen MR) is 114 cm³/mol. The van der Waals surface area contributed by atoms with E-state index in [0.717, 1.165) is 39.6 Å². The van der Waals surface area contributed by atoms with Crippen LogP contribution < -0.4 is 19.6 Å². The van der Waals surface area contributed by atoms with Crippen molar-refractivity contribution in [2.45, 2.75) is 12.3 Å². The summed E-state index contributed by atoms with van der Waals surface area (Å²) in [4.78, 5) is 0. The van der Waals surface area contributed by atoms with Crippen LogP contribution in [0.4, 0.5) is 0 Å². The fourth-order valence-electron chi connectivity index (χ4n) is 4.26. The molecule has 0 unspecified atom stereocenters. The average molecular weight is 409 g/mol. The summed E-state index contributed by atoms with van der Waals surface area (Å²) in [5, 5.41) is 11.2. The Morgan fingerprint density at radius 1 is 0.903 bits per heavy atom. The van der Waals surface area contributed by atoms with Gasteiger partial charge >= 0.3 is 0 Å². The molecule has 6 nitrogen and oxygen atoms in total. The van der Waals surface area contributed by atoms with Crippen LogP contribution in [0, 0.1) is 11.3 Å². The van der Waals surface area contributed by atoms with Crippen LogP contribution in [0.3, 0.4) is 0 Å². The second-order valence-electron chi connectivity index (χ2n) is 7.64. The van der Waals surface area contributed by atoms with Gasteiger partial charge in [0.2, 0.25) is 0 Å². The van der Waals surface area contributed by atoms with Crippen molar-refractivity contribution < 1.29 is 14.2 Å². The highest BCUT2D eigenvalue weighted by molar-refractivity contribution is 5.70. The van der Waals surface area contributed by atoms with Crippen molar-refractivity contribution in [1.29, 1.82) is 5.26 Å². The van der Waals surface area contributed by atoms with Crippen LogP contribution in [0.1, 0.15) is 34.5 Å². The van der Waals surface area contributed by atoms with Gasteiger partial charge < -0.3 is 19.6 Å². The van der Waals surface area contributed by atoms with Crippen LogP contribution in [-0.4, -0.2) is 18.2 Å². The third-order valence-corrected chi connectivity index (χ3v) is 5.78. The number of fused-ring (bicyclic) bond motifs is 4. The van der Waals surface area contributed by atoms with Crippen LogP contribution >= 0.6 is 0 Å². The van der Waals surface area contributed by atoms with Gasteiger partial charge in [-0.3, -0.25) is 0 Å². The van der Waals surface area contributed by atoms with E-state index in [-0.39, 0.29) is 12.3 Å². The molecule has 0 radical (unpaired) electrons. The van der Waals surface area contributed by atoms with Crippen molar-refractivity contribution in [2.75, 3.05) is 13.2 Å². The minimum absolute atomic E-state index is 0.00814. The molecule has 3 aromatic rings. The summed E-state index contributed by atoms with van der Waals surface area (Å²) in [6.45, 7) is 1.13. The van der Waals surface area contributed by atoms with E-state index < -0.39 is 0 Å². The zero-order valence-corrected chi connectivity index (χ0v) is 16.6. The molecule has 6 heteroatoms. The zero-order chi connectivity index (χ0) is 20.8. The number of hydrazine groups is 1. The SMILES string of the molecule is N#Cc1ccc([C@H]2Oc3ccccc3[C@@H]3C=C(c4ccc5c(c4)OCCO5)NN23)cc1. The van der Waals surface area contributed by atoms with Gasteiger partial charge in [0.25, 0.3) is 0 Å². The van der Waals surface area contributed by atoms with Crippen LogP contribution in [0.2, 0.25) is 0 Å². The van der Waals surface area contributed by atoms with E-state index in [1.807, 2.05) is 60.7 Å². The topological polar surface area (TPSA) is 66.8 Å². The quantitative estimate of drug-likeness (QED) is 0.680. The van der Waals surface area contributed by atoms with Gasteiger partial charge in [0.15, 0.2) is 17.7 Å². The largest absolute Gasteiger partial charge is 0.486 e. The Bertz CT molecular complexity index is 1230. The van der Waals surface area contributed by atoms with E-state index in [9.17, 15) is 0 Å². The molecule has 31 heavy (non-hydrogen) atoms. The summed E-state index contributed by atoms with van der Waals surface area (Å²) in [5.41, 5.74) is 8.26. The van der Waals surface area contributed by atoms with E-state index >= 15 is 0 Å². The molecule has 0 fully saturated rings. The summed E-state index contributed by atoms with van der Waals surface area (Å²) in [7, 11) is 0. The zero-order valence-electron chi connectivity index (χ0n) is 16.6. The lowest BCUT2D eigenvalue weighted by atomic mass is 10.0. The Morgan fingerprint density at radius 3 is 2.55 bits per heavy atom. The number of hydrogen-bond acceptors (Lipinski definition) is 6. The maximum atomic E-state index is 9.13. The summed E-state index contributed by atoms with van der Waals surface area (Å²) in [6.07, 6.45) is 1.88.